The summed E-state index contributed by atoms with van der Waals surface area (Å²) in [4.78, 5) is 14.1. The minimum Gasteiger partial charge on any atom is -0.366 e. The maximum Gasteiger partial charge on any atom is 0.269 e. The van der Waals surface area contributed by atoms with Crippen molar-refractivity contribution >= 4 is 27.2 Å². The minimum atomic E-state index is -4.05. The summed E-state index contributed by atoms with van der Waals surface area (Å²) >= 11 is 0. The first-order chi connectivity index (χ1) is 13.7. The lowest BCUT2D eigenvalue weighted by Crippen LogP contribution is -2.14. The molecule has 0 spiro atoms. The third-order valence-corrected chi connectivity index (χ3v) is 5.18. The van der Waals surface area contributed by atoms with Gasteiger partial charge in [0.05, 0.1) is 10.6 Å². The molecular formula is C18H14F2N4O4S. The molecule has 1 aromatic heterocycles. The maximum atomic E-state index is 13.2. The first-order valence-corrected chi connectivity index (χ1v) is 9.64. The van der Waals surface area contributed by atoms with Crippen LogP contribution in [0, 0.1) is 21.7 Å². The number of nitrogens with one attached hydrogen (secondary N) is 2. The molecule has 0 saturated heterocycles. The number of sulfonamides is 1. The van der Waals surface area contributed by atoms with Crippen LogP contribution in [0.25, 0.3) is 0 Å². The first kappa shape index (κ1) is 20.1. The largest absolute Gasteiger partial charge is 0.366 e. The van der Waals surface area contributed by atoms with E-state index in [1.54, 1.807) is 12.1 Å². The number of hydrogen-bond donors (Lipinski definition) is 2. The lowest BCUT2D eigenvalue weighted by molar-refractivity contribution is -0.384. The number of nitro benzene ring substituents is 1. The van der Waals surface area contributed by atoms with Gasteiger partial charge in [0.1, 0.15) is 10.7 Å². The molecule has 3 aromatic rings. The summed E-state index contributed by atoms with van der Waals surface area (Å²) in [5.74, 6) is -1.92. The molecule has 1 heterocycles. The van der Waals surface area contributed by atoms with Crippen LogP contribution in [0.3, 0.4) is 0 Å². The molecule has 0 fully saturated rings. The third-order valence-electron chi connectivity index (χ3n) is 3.81. The average Bonchev–Trinajstić information content (AvgIpc) is 2.69. The van der Waals surface area contributed by atoms with Crippen molar-refractivity contribution in [3.05, 3.63) is 88.1 Å². The van der Waals surface area contributed by atoms with Gasteiger partial charge in [-0.3, -0.25) is 14.8 Å². The second kappa shape index (κ2) is 8.19. The van der Waals surface area contributed by atoms with Crippen LogP contribution in [0.5, 0.6) is 0 Å². The standard InChI is InChI=1S/C18H14F2N4O4S/c19-16-6-4-13(9-17(16)20)23-29(27,28)15-5-7-18(22-11-15)21-10-12-2-1-3-14(8-12)24(25)26/h1-9,11,23H,10H2,(H,21,22). The van der Waals surface area contributed by atoms with Crippen LogP contribution in [0.15, 0.2) is 65.7 Å². The maximum absolute atomic E-state index is 13.2. The highest BCUT2D eigenvalue weighted by Gasteiger charge is 2.16. The Balaban J connectivity index is 1.68. The Bertz CT molecular complexity index is 1150. The zero-order chi connectivity index (χ0) is 21.0. The number of aromatic nitrogens is 1. The molecule has 150 valence electrons. The Kier molecular flexibility index (Phi) is 5.69. The van der Waals surface area contributed by atoms with E-state index in [1.165, 1.54) is 24.3 Å². The fourth-order valence-corrected chi connectivity index (χ4v) is 3.38. The topological polar surface area (TPSA) is 114 Å². The minimum absolute atomic E-state index is 0.0398. The lowest BCUT2D eigenvalue weighted by atomic mass is 10.2. The van der Waals surface area contributed by atoms with E-state index in [0.29, 0.717) is 11.4 Å². The molecule has 0 unspecified atom stereocenters. The van der Waals surface area contributed by atoms with Crippen molar-refractivity contribution in [3.8, 4) is 0 Å². The molecule has 0 radical (unpaired) electrons. The van der Waals surface area contributed by atoms with Crippen LogP contribution >= 0.6 is 0 Å². The number of nitrogens with zero attached hydrogens (tertiary/aromatic N) is 2. The summed E-state index contributed by atoms with van der Waals surface area (Å²) in [5, 5.41) is 13.7. The fourth-order valence-electron chi connectivity index (χ4n) is 2.39. The van der Waals surface area contributed by atoms with E-state index in [9.17, 15) is 27.3 Å². The SMILES string of the molecule is O=[N+]([O-])c1cccc(CNc2ccc(S(=O)(=O)Nc3ccc(F)c(F)c3)cn2)c1. The van der Waals surface area contributed by atoms with E-state index in [1.807, 2.05) is 0 Å². The molecule has 29 heavy (non-hydrogen) atoms. The van der Waals surface area contributed by atoms with E-state index in [-0.39, 0.29) is 22.8 Å². The lowest BCUT2D eigenvalue weighted by Gasteiger charge is -2.10. The third kappa shape index (κ3) is 5.02. The zero-order valence-corrected chi connectivity index (χ0v) is 15.5. The van der Waals surface area contributed by atoms with Crippen molar-refractivity contribution < 1.29 is 22.1 Å². The van der Waals surface area contributed by atoms with E-state index in [4.69, 9.17) is 0 Å². The Labute approximate surface area is 164 Å². The predicted molar refractivity (Wildman–Crippen MR) is 102 cm³/mol. The molecule has 2 N–H and O–H groups in total. The molecule has 2 aromatic carbocycles. The molecule has 3 rings (SSSR count). The van der Waals surface area contributed by atoms with Crippen molar-refractivity contribution in [2.45, 2.75) is 11.4 Å². The molecule has 0 atom stereocenters. The Morgan fingerprint density at radius 3 is 2.48 bits per heavy atom. The number of non-ortho nitro benzene ring substituents is 1. The molecule has 0 aliphatic rings. The van der Waals surface area contributed by atoms with Gasteiger partial charge in [-0.05, 0) is 29.8 Å². The second-order valence-corrected chi connectivity index (χ2v) is 7.58. The van der Waals surface area contributed by atoms with Gasteiger partial charge in [0, 0.05) is 30.9 Å². The summed E-state index contributed by atoms with van der Waals surface area (Å²) in [6.07, 6.45) is 1.10. The normalized spacial score (nSPS) is 11.1. The average molecular weight is 420 g/mol. The Morgan fingerprint density at radius 2 is 1.83 bits per heavy atom. The smallest absolute Gasteiger partial charge is 0.269 e. The van der Waals surface area contributed by atoms with Crippen LogP contribution in [-0.4, -0.2) is 18.3 Å². The molecule has 8 nitrogen and oxygen atoms in total. The second-order valence-electron chi connectivity index (χ2n) is 5.89. The summed E-state index contributed by atoms with van der Waals surface area (Å²) in [6.45, 7) is 0.244. The molecule has 11 heteroatoms. The van der Waals surface area contributed by atoms with Gasteiger partial charge in [0.25, 0.3) is 15.7 Å². The van der Waals surface area contributed by atoms with Gasteiger partial charge >= 0.3 is 0 Å². The highest BCUT2D eigenvalue weighted by atomic mass is 32.2. The van der Waals surface area contributed by atoms with E-state index in [2.05, 4.69) is 15.0 Å². The van der Waals surface area contributed by atoms with Crippen LogP contribution in [0.2, 0.25) is 0 Å². The van der Waals surface area contributed by atoms with Crippen molar-refractivity contribution in [1.29, 1.82) is 0 Å². The highest BCUT2D eigenvalue weighted by Crippen LogP contribution is 2.19. The van der Waals surface area contributed by atoms with Crippen molar-refractivity contribution in [1.82, 2.24) is 4.98 Å². The number of benzene rings is 2. The van der Waals surface area contributed by atoms with Gasteiger partial charge in [0.15, 0.2) is 11.6 Å². The van der Waals surface area contributed by atoms with Gasteiger partial charge in [-0.1, -0.05) is 12.1 Å². The summed E-state index contributed by atoms with van der Waals surface area (Å²) < 4.78 is 53.0. The zero-order valence-electron chi connectivity index (χ0n) is 14.7. The molecule has 0 aliphatic heterocycles. The first-order valence-electron chi connectivity index (χ1n) is 8.16. The van der Waals surface area contributed by atoms with Crippen molar-refractivity contribution in [2.24, 2.45) is 0 Å². The summed E-state index contributed by atoms with van der Waals surface area (Å²) in [7, 11) is -4.05. The van der Waals surface area contributed by atoms with Crippen molar-refractivity contribution in [3.63, 3.8) is 0 Å². The van der Waals surface area contributed by atoms with Crippen molar-refractivity contribution in [2.75, 3.05) is 10.0 Å². The molecular weight excluding hydrogens is 406 g/mol. The number of rotatable bonds is 7. The van der Waals surface area contributed by atoms with Gasteiger partial charge in [0.2, 0.25) is 0 Å². The summed E-state index contributed by atoms with van der Waals surface area (Å²) in [6, 6.07) is 11.4. The van der Waals surface area contributed by atoms with Gasteiger partial charge < -0.3 is 5.32 Å². The number of pyridine rings is 1. The number of anilines is 2. The van der Waals surface area contributed by atoms with Crippen LogP contribution < -0.4 is 10.0 Å². The molecule has 0 bridgehead atoms. The van der Waals surface area contributed by atoms with Crippen LogP contribution in [-0.2, 0) is 16.6 Å². The van der Waals surface area contributed by atoms with E-state index >= 15 is 0 Å². The van der Waals surface area contributed by atoms with E-state index in [0.717, 1.165) is 24.4 Å². The monoisotopic (exact) mass is 420 g/mol. The predicted octanol–water partition coefficient (Wildman–Crippen LogP) is 3.68. The molecule has 0 amide bonds. The van der Waals surface area contributed by atoms with Crippen LogP contribution in [0.1, 0.15) is 5.56 Å². The Hall–Kier alpha value is -3.60. The van der Waals surface area contributed by atoms with Gasteiger partial charge in [-0.25, -0.2) is 22.2 Å². The Morgan fingerprint density at radius 1 is 1.03 bits per heavy atom. The van der Waals surface area contributed by atoms with Gasteiger partial charge in [-0.15, -0.1) is 0 Å². The number of halogens is 2. The van der Waals surface area contributed by atoms with E-state index < -0.39 is 26.6 Å². The molecule has 0 aliphatic carbocycles. The van der Waals surface area contributed by atoms with Crippen LogP contribution in [0.4, 0.5) is 26.0 Å². The quantitative estimate of drug-likeness (QED) is 0.445. The summed E-state index contributed by atoms with van der Waals surface area (Å²) in [5.41, 5.74) is 0.483. The fraction of sp³-hybridized carbons (Fsp3) is 0.0556. The highest BCUT2D eigenvalue weighted by molar-refractivity contribution is 7.92. The number of hydrogen-bond acceptors (Lipinski definition) is 6. The number of nitro groups is 1. The molecule has 0 saturated carbocycles. The van der Waals surface area contributed by atoms with Gasteiger partial charge in [-0.2, -0.15) is 0 Å².